The molecule has 0 bridgehead atoms. The number of nitrogens with zero attached hydrogens (tertiary/aromatic N) is 2. The second-order valence-electron chi connectivity index (χ2n) is 4.97. The molecule has 0 fully saturated rings. The van der Waals surface area contributed by atoms with Crippen molar-refractivity contribution in [2.75, 3.05) is 19.4 Å². The highest BCUT2D eigenvalue weighted by Crippen LogP contribution is 2.24. The second kappa shape index (κ2) is 5.40. The Hall–Kier alpha value is -1.88. The molecule has 1 amide bonds. The lowest BCUT2D eigenvalue weighted by molar-refractivity contribution is -0.120. The first-order valence-electron chi connectivity index (χ1n) is 6.44. The number of fused-ring (bicyclic) bond motifs is 1. The van der Waals surface area contributed by atoms with E-state index < -0.39 is 0 Å². The van der Waals surface area contributed by atoms with Crippen LogP contribution >= 0.6 is 0 Å². The summed E-state index contributed by atoms with van der Waals surface area (Å²) >= 11 is 0. The van der Waals surface area contributed by atoms with E-state index in [1.165, 1.54) is 0 Å². The molecule has 5 nitrogen and oxygen atoms in total. The maximum atomic E-state index is 12.2. The van der Waals surface area contributed by atoms with Gasteiger partial charge in [0.05, 0.1) is 23.4 Å². The Labute approximate surface area is 113 Å². The quantitative estimate of drug-likeness (QED) is 0.885. The summed E-state index contributed by atoms with van der Waals surface area (Å²) in [4.78, 5) is 14.2. The van der Waals surface area contributed by atoms with Crippen molar-refractivity contribution in [2.24, 2.45) is 0 Å². The molecular weight excluding hydrogens is 240 g/mol. The molecule has 2 aromatic rings. The summed E-state index contributed by atoms with van der Waals surface area (Å²) in [6.07, 6.45) is 2.56. The van der Waals surface area contributed by atoms with Crippen molar-refractivity contribution in [1.82, 2.24) is 15.1 Å². The first-order valence-corrected chi connectivity index (χ1v) is 6.44. The number of hydrogen-bond donors (Lipinski definition) is 2. The summed E-state index contributed by atoms with van der Waals surface area (Å²) in [6, 6.07) is 3.78. The molecule has 0 spiro atoms. The zero-order valence-corrected chi connectivity index (χ0v) is 11.8. The van der Waals surface area contributed by atoms with Gasteiger partial charge in [0.2, 0.25) is 5.91 Å². The molecule has 2 N–H and O–H groups in total. The van der Waals surface area contributed by atoms with E-state index in [2.05, 4.69) is 15.5 Å². The van der Waals surface area contributed by atoms with Crippen LogP contribution in [0.1, 0.15) is 18.9 Å². The molecule has 0 saturated heterocycles. The zero-order chi connectivity index (χ0) is 14.0. The molecule has 0 radical (unpaired) electrons. The van der Waals surface area contributed by atoms with Gasteiger partial charge in [-0.05, 0) is 39.1 Å². The molecular formula is C14H20N4O. The van der Waals surface area contributed by atoms with Crippen molar-refractivity contribution < 1.29 is 4.79 Å². The van der Waals surface area contributed by atoms with Crippen LogP contribution in [-0.4, -0.2) is 41.1 Å². The average molecular weight is 260 g/mol. The minimum Gasteiger partial charge on any atom is -0.323 e. The third-order valence-corrected chi connectivity index (χ3v) is 3.40. The molecule has 102 valence electrons. The molecule has 1 aromatic carbocycles. The van der Waals surface area contributed by atoms with Gasteiger partial charge in [0.1, 0.15) is 0 Å². The minimum atomic E-state index is -0.126. The van der Waals surface area contributed by atoms with Gasteiger partial charge >= 0.3 is 0 Å². The van der Waals surface area contributed by atoms with E-state index in [1.54, 1.807) is 6.20 Å². The first-order chi connectivity index (χ1) is 9.04. The third-order valence-electron chi connectivity index (χ3n) is 3.40. The summed E-state index contributed by atoms with van der Waals surface area (Å²) in [5.74, 6) is 0.00672. The number of nitrogens with one attached hydrogen (secondary N) is 2. The Morgan fingerprint density at radius 1 is 1.47 bits per heavy atom. The van der Waals surface area contributed by atoms with Gasteiger partial charge in [-0.15, -0.1) is 0 Å². The van der Waals surface area contributed by atoms with Gasteiger partial charge in [0, 0.05) is 5.39 Å². The number of benzene rings is 1. The maximum Gasteiger partial charge on any atom is 0.241 e. The van der Waals surface area contributed by atoms with Crippen LogP contribution in [0.4, 0.5) is 5.69 Å². The number of carbonyl (C=O) groups is 1. The summed E-state index contributed by atoms with van der Waals surface area (Å²) < 4.78 is 0. The molecule has 19 heavy (non-hydrogen) atoms. The molecule has 0 unspecified atom stereocenters. The number of aromatic amines is 1. The fourth-order valence-corrected chi connectivity index (χ4v) is 2.28. The van der Waals surface area contributed by atoms with Gasteiger partial charge in [-0.3, -0.25) is 14.8 Å². The van der Waals surface area contributed by atoms with Gasteiger partial charge in [-0.2, -0.15) is 5.10 Å². The van der Waals surface area contributed by atoms with E-state index in [1.807, 2.05) is 45.0 Å². The lowest BCUT2D eigenvalue weighted by atomic mass is 10.1. The van der Waals surface area contributed by atoms with E-state index >= 15 is 0 Å². The molecule has 0 aliphatic rings. The van der Waals surface area contributed by atoms with Crippen LogP contribution in [0.15, 0.2) is 18.3 Å². The van der Waals surface area contributed by atoms with Crippen molar-refractivity contribution in [3.63, 3.8) is 0 Å². The first kappa shape index (κ1) is 13.5. The Balaban J connectivity index is 2.29. The number of carbonyl (C=O) groups excluding carboxylic acids is 1. The standard InChI is InChI=1S/C14H20N4O/c1-5-12(18(3)4)14(19)16-11-7-6-9(2)10-8-15-17-13(10)11/h6-8,12H,5H2,1-4H3,(H,15,17)(H,16,19)/t12-/m0/s1. The normalized spacial score (nSPS) is 12.9. The number of amides is 1. The Morgan fingerprint density at radius 3 is 2.84 bits per heavy atom. The van der Waals surface area contributed by atoms with E-state index in [9.17, 15) is 4.79 Å². The summed E-state index contributed by atoms with van der Waals surface area (Å²) in [7, 11) is 3.82. The topological polar surface area (TPSA) is 61.0 Å². The van der Waals surface area contributed by atoms with Gasteiger partial charge < -0.3 is 5.32 Å². The number of H-pyrrole nitrogens is 1. The highest BCUT2D eigenvalue weighted by atomic mass is 16.2. The van der Waals surface area contributed by atoms with Gasteiger partial charge in [-0.25, -0.2) is 0 Å². The maximum absolute atomic E-state index is 12.2. The van der Waals surface area contributed by atoms with Crippen LogP contribution in [0.2, 0.25) is 0 Å². The molecule has 1 heterocycles. The molecule has 0 aliphatic heterocycles. The Morgan fingerprint density at radius 2 is 2.21 bits per heavy atom. The summed E-state index contributed by atoms with van der Waals surface area (Å²) in [5.41, 5.74) is 2.80. The highest BCUT2D eigenvalue weighted by Gasteiger charge is 2.19. The van der Waals surface area contributed by atoms with Gasteiger partial charge in [-0.1, -0.05) is 13.0 Å². The van der Waals surface area contributed by atoms with E-state index in [-0.39, 0.29) is 11.9 Å². The molecule has 1 atom stereocenters. The predicted octanol–water partition coefficient (Wildman–Crippen LogP) is 2.15. The second-order valence-corrected chi connectivity index (χ2v) is 4.97. The Kier molecular flexibility index (Phi) is 3.85. The van der Waals surface area contributed by atoms with Crippen molar-refractivity contribution >= 4 is 22.5 Å². The number of rotatable bonds is 4. The number of likely N-dealkylation sites (N-methyl/N-ethyl adjacent to an activating group) is 1. The summed E-state index contributed by atoms with van der Waals surface area (Å²) in [5, 5.41) is 11.0. The van der Waals surface area contributed by atoms with E-state index in [0.29, 0.717) is 0 Å². The number of aromatic nitrogens is 2. The number of hydrogen-bond acceptors (Lipinski definition) is 3. The molecule has 1 aromatic heterocycles. The van der Waals surface area contributed by atoms with Crippen LogP contribution < -0.4 is 5.32 Å². The fraction of sp³-hybridized carbons (Fsp3) is 0.429. The van der Waals surface area contributed by atoms with Crippen LogP contribution in [0.3, 0.4) is 0 Å². The van der Waals surface area contributed by atoms with Crippen molar-refractivity contribution in [3.05, 3.63) is 23.9 Å². The van der Waals surface area contributed by atoms with Crippen LogP contribution in [0, 0.1) is 6.92 Å². The van der Waals surface area contributed by atoms with Crippen molar-refractivity contribution in [2.45, 2.75) is 26.3 Å². The lowest BCUT2D eigenvalue weighted by Crippen LogP contribution is -2.39. The monoisotopic (exact) mass is 260 g/mol. The lowest BCUT2D eigenvalue weighted by Gasteiger charge is -2.22. The zero-order valence-electron chi connectivity index (χ0n) is 11.8. The van der Waals surface area contributed by atoms with Crippen LogP contribution in [0.5, 0.6) is 0 Å². The third kappa shape index (κ3) is 2.61. The summed E-state index contributed by atoms with van der Waals surface area (Å²) in [6.45, 7) is 4.03. The minimum absolute atomic E-state index is 0.00672. The van der Waals surface area contributed by atoms with E-state index in [4.69, 9.17) is 0 Å². The van der Waals surface area contributed by atoms with Gasteiger partial charge in [0.25, 0.3) is 0 Å². The SMILES string of the molecule is CC[C@@H](C(=O)Nc1ccc(C)c2cn[nH]c12)N(C)C. The molecule has 5 heteroatoms. The smallest absolute Gasteiger partial charge is 0.241 e. The number of aryl methyl sites for hydroxylation is 1. The average Bonchev–Trinajstić information content (AvgIpc) is 2.83. The molecule has 2 rings (SSSR count). The van der Waals surface area contributed by atoms with Crippen molar-refractivity contribution in [3.8, 4) is 0 Å². The predicted molar refractivity (Wildman–Crippen MR) is 77.2 cm³/mol. The largest absolute Gasteiger partial charge is 0.323 e. The fourth-order valence-electron chi connectivity index (χ4n) is 2.28. The van der Waals surface area contributed by atoms with E-state index in [0.717, 1.165) is 28.6 Å². The van der Waals surface area contributed by atoms with Crippen molar-refractivity contribution in [1.29, 1.82) is 0 Å². The molecule has 0 saturated carbocycles. The molecule has 0 aliphatic carbocycles. The van der Waals surface area contributed by atoms with Gasteiger partial charge in [0.15, 0.2) is 0 Å². The van der Waals surface area contributed by atoms with Crippen LogP contribution in [-0.2, 0) is 4.79 Å². The highest BCUT2D eigenvalue weighted by molar-refractivity contribution is 6.02. The van der Waals surface area contributed by atoms with Crippen LogP contribution in [0.25, 0.3) is 10.9 Å². The Bertz CT molecular complexity index is 588. The number of anilines is 1.